The molecule has 0 bridgehead atoms. The van der Waals surface area contributed by atoms with Crippen LogP contribution in [0.3, 0.4) is 0 Å². The van der Waals surface area contributed by atoms with Crippen LogP contribution in [0.1, 0.15) is 33.2 Å². The van der Waals surface area contributed by atoms with E-state index in [1.165, 1.54) is 28.4 Å². The third kappa shape index (κ3) is 3.86. The van der Waals surface area contributed by atoms with Crippen LogP contribution >= 0.6 is 11.3 Å². The van der Waals surface area contributed by atoms with Crippen molar-refractivity contribution >= 4 is 28.8 Å². The van der Waals surface area contributed by atoms with Crippen LogP contribution in [0.2, 0.25) is 0 Å². The lowest BCUT2D eigenvalue weighted by Gasteiger charge is -2.24. The van der Waals surface area contributed by atoms with Gasteiger partial charge in [0.05, 0.1) is 23.8 Å². The van der Waals surface area contributed by atoms with Gasteiger partial charge in [0.25, 0.3) is 11.7 Å². The summed E-state index contributed by atoms with van der Waals surface area (Å²) in [5, 5.41) is 12.9. The van der Waals surface area contributed by atoms with Crippen LogP contribution < -0.4 is 4.74 Å². The Balaban J connectivity index is 1.58. The summed E-state index contributed by atoms with van der Waals surface area (Å²) < 4.78 is 45.1. The first kappa shape index (κ1) is 22.2. The summed E-state index contributed by atoms with van der Waals surface area (Å²) in [5.74, 6) is -1.36. The molecular weight excluding hydrogens is 467 g/mol. The van der Waals surface area contributed by atoms with Gasteiger partial charge in [0.15, 0.2) is 0 Å². The number of nitrogens with zero attached hydrogens (tertiary/aromatic N) is 1. The molecule has 0 radical (unpaired) electrons. The minimum atomic E-state index is -4.53. The summed E-state index contributed by atoms with van der Waals surface area (Å²) in [6, 6.07) is 12.3. The van der Waals surface area contributed by atoms with Crippen LogP contribution in [0.25, 0.3) is 5.76 Å². The first-order valence-electron chi connectivity index (χ1n) is 10.5. The number of halogens is 3. The van der Waals surface area contributed by atoms with Gasteiger partial charge in [-0.3, -0.25) is 9.59 Å². The van der Waals surface area contributed by atoms with E-state index in [0.29, 0.717) is 29.2 Å². The number of aliphatic hydroxyl groups is 1. The average Bonchev–Trinajstić information content (AvgIpc) is 3.55. The number of fused-ring (bicyclic) bond motifs is 1. The number of carbonyl (C=O) groups excluding carboxylic acids is 2. The van der Waals surface area contributed by atoms with Crippen molar-refractivity contribution in [3.63, 3.8) is 0 Å². The number of rotatable bonds is 4. The maximum Gasteiger partial charge on any atom is 0.416 e. The number of ether oxygens (including phenoxy) is 1. The van der Waals surface area contributed by atoms with Gasteiger partial charge in [0.1, 0.15) is 11.5 Å². The molecule has 9 heteroatoms. The van der Waals surface area contributed by atoms with E-state index in [1.807, 2.05) is 0 Å². The Morgan fingerprint density at radius 1 is 1.12 bits per heavy atom. The van der Waals surface area contributed by atoms with Crippen molar-refractivity contribution in [3.8, 4) is 5.75 Å². The molecule has 5 rings (SSSR count). The molecule has 1 N–H and O–H groups in total. The van der Waals surface area contributed by atoms with Crippen molar-refractivity contribution in [3.05, 3.63) is 92.7 Å². The lowest BCUT2D eigenvalue weighted by molar-refractivity contribution is -0.140. The number of hydrogen-bond acceptors (Lipinski definition) is 5. The highest BCUT2D eigenvalue weighted by molar-refractivity contribution is 7.10. The SMILES string of the molecule is O=C1C(=O)N(Cc2cccc(C(F)(F)F)c2)C(c2cccs2)/C1=C(/O)c1ccc2c(c1)CCO2. The highest BCUT2D eigenvalue weighted by Gasteiger charge is 2.46. The predicted molar refractivity (Wildman–Crippen MR) is 119 cm³/mol. The van der Waals surface area contributed by atoms with Gasteiger partial charge in [0.2, 0.25) is 0 Å². The number of thiophene rings is 1. The molecule has 1 atom stereocenters. The van der Waals surface area contributed by atoms with Gasteiger partial charge >= 0.3 is 6.18 Å². The molecular formula is C25H18F3NO4S. The van der Waals surface area contributed by atoms with E-state index in [2.05, 4.69) is 0 Å². The second-order valence-electron chi connectivity index (χ2n) is 8.06. The molecule has 2 aliphatic rings. The highest BCUT2D eigenvalue weighted by Crippen LogP contribution is 2.42. The second kappa shape index (κ2) is 8.32. The molecule has 0 aliphatic carbocycles. The standard InChI is InChI=1S/C25H18F3NO4S/c26-25(27,28)17-4-1-3-14(11-17)13-29-21(19-5-2-10-34-19)20(23(31)24(29)32)22(30)16-6-7-18-15(12-16)8-9-33-18/h1-7,10-12,21,30H,8-9,13H2/b22-20-. The highest BCUT2D eigenvalue weighted by atomic mass is 32.1. The maximum atomic E-state index is 13.2. The van der Waals surface area contributed by atoms with E-state index in [-0.39, 0.29) is 23.4 Å². The lowest BCUT2D eigenvalue weighted by atomic mass is 9.98. The van der Waals surface area contributed by atoms with Gasteiger partial charge in [-0.25, -0.2) is 0 Å². The number of hydrogen-bond donors (Lipinski definition) is 1. The van der Waals surface area contributed by atoms with E-state index in [4.69, 9.17) is 4.74 Å². The number of carbonyl (C=O) groups is 2. The van der Waals surface area contributed by atoms with E-state index in [1.54, 1.807) is 35.7 Å². The molecule has 1 unspecified atom stereocenters. The van der Waals surface area contributed by atoms with E-state index >= 15 is 0 Å². The number of benzene rings is 2. The molecule has 1 amide bonds. The minimum absolute atomic E-state index is 0.0849. The molecule has 1 aromatic heterocycles. The molecule has 3 aromatic rings. The van der Waals surface area contributed by atoms with Crippen molar-refractivity contribution in [1.29, 1.82) is 0 Å². The van der Waals surface area contributed by atoms with E-state index in [0.717, 1.165) is 17.7 Å². The fraction of sp³-hybridized carbons (Fsp3) is 0.200. The number of amides is 1. The molecule has 174 valence electrons. The Hall–Kier alpha value is -3.59. The van der Waals surface area contributed by atoms with Gasteiger partial charge < -0.3 is 14.7 Å². The number of alkyl halides is 3. The van der Waals surface area contributed by atoms with Crippen LogP contribution in [0.15, 0.2) is 65.6 Å². The smallest absolute Gasteiger partial charge is 0.416 e. The van der Waals surface area contributed by atoms with Gasteiger partial charge in [-0.15, -0.1) is 11.3 Å². The Morgan fingerprint density at radius 3 is 2.68 bits per heavy atom. The number of Topliss-reactive ketones (excluding diaryl/α,β-unsaturated/α-hetero) is 1. The molecule has 34 heavy (non-hydrogen) atoms. The number of likely N-dealkylation sites (tertiary alicyclic amines) is 1. The monoisotopic (exact) mass is 485 g/mol. The van der Waals surface area contributed by atoms with Gasteiger partial charge in [-0.05, 0) is 52.9 Å². The Kier molecular flexibility index (Phi) is 5.44. The third-order valence-corrected chi connectivity index (χ3v) is 6.85. The quantitative estimate of drug-likeness (QED) is 0.309. The van der Waals surface area contributed by atoms with Crippen LogP contribution in [0, 0.1) is 0 Å². The lowest BCUT2D eigenvalue weighted by Crippen LogP contribution is -2.29. The van der Waals surface area contributed by atoms with Crippen molar-refractivity contribution in [2.45, 2.75) is 25.2 Å². The molecule has 3 heterocycles. The summed E-state index contributed by atoms with van der Waals surface area (Å²) in [4.78, 5) is 27.9. The Morgan fingerprint density at radius 2 is 1.94 bits per heavy atom. The average molecular weight is 485 g/mol. The van der Waals surface area contributed by atoms with E-state index in [9.17, 15) is 27.9 Å². The van der Waals surface area contributed by atoms with E-state index < -0.39 is 29.5 Å². The summed E-state index contributed by atoms with van der Waals surface area (Å²) in [5.41, 5.74) is 0.568. The zero-order valence-corrected chi connectivity index (χ0v) is 18.4. The van der Waals surface area contributed by atoms with Crippen LogP contribution in [-0.4, -0.2) is 28.3 Å². The minimum Gasteiger partial charge on any atom is -0.507 e. The Labute approximate surface area is 196 Å². The summed E-state index contributed by atoms with van der Waals surface area (Å²) in [6.07, 6.45) is -3.87. The molecule has 2 aromatic carbocycles. The molecule has 5 nitrogen and oxygen atoms in total. The molecule has 1 saturated heterocycles. The van der Waals surface area contributed by atoms with Crippen molar-refractivity contribution in [2.75, 3.05) is 6.61 Å². The third-order valence-electron chi connectivity index (χ3n) is 5.92. The van der Waals surface area contributed by atoms with Crippen molar-refractivity contribution < 1.29 is 32.6 Å². The normalized spacial score (nSPS) is 19.4. The largest absolute Gasteiger partial charge is 0.507 e. The summed E-state index contributed by atoms with van der Waals surface area (Å²) >= 11 is 1.29. The zero-order chi connectivity index (χ0) is 24.0. The molecule has 0 saturated carbocycles. The Bertz CT molecular complexity index is 1310. The molecule has 1 fully saturated rings. The molecule has 0 spiro atoms. The second-order valence-corrected chi connectivity index (χ2v) is 9.04. The topological polar surface area (TPSA) is 66.8 Å². The van der Waals surface area contributed by atoms with Crippen molar-refractivity contribution in [2.24, 2.45) is 0 Å². The molecule has 2 aliphatic heterocycles. The van der Waals surface area contributed by atoms with Gasteiger partial charge in [-0.1, -0.05) is 18.2 Å². The fourth-order valence-electron chi connectivity index (χ4n) is 4.32. The summed E-state index contributed by atoms with van der Waals surface area (Å²) in [6.45, 7) is 0.308. The summed E-state index contributed by atoms with van der Waals surface area (Å²) in [7, 11) is 0. The number of aliphatic hydroxyl groups excluding tert-OH is 1. The predicted octanol–water partition coefficient (Wildman–Crippen LogP) is 5.32. The first-order chi connectivity index (χ1) is 16.2. The van der Waals surface area contributed by atoms with Crippen LogP contribution in [-0.2, 0) is 28.7 Å². The fourth-order valence-corrected chi connectivity index (χ4v) is 5.16. The van der Waals surface area contributed by atoms with Crippen LogP contribution in [0.4, 0.5) is 13.2 Å². The van der Waals surface area contributed by atoms with Gasteiger partial charge in [0, 0.05) is 23.4 Å². The van der Waals surface area contributed by atoms with Gasteiger partial charge in [-0.2, -0.15) is 13.2 Å². The maximum absolute atomic E-state index is 13.2. The van der Waals surface area contributed by atoms with Crippen LogP contribution in [0.5, 0.6) is 5.75 Å². The first-order valence-corrected chi connectivity index (χ1v) is 11.4. The number of ketones is 1. The van der Waals surface area contributed by atoms with Crippen molar-refractivity contribution in [1.82, 2.24) is 4.90 Å². The zero-order valence-electron chi connectivity index (χ0n) is 17.6.